The van der Waals surface area contributed by atoms with Crippen LogP contribution in [0.5, 0.6) is 5.75 Å². The molecule has 0 bridgehead atoms. The molecule has 1 aliphatic rings. The minimum Gasteiger partial charge on any atom is -0.495 e. The quantitative estimate of drug-likeness (QED) is 0.745. The van der Waals surface area contributed by atoms with E-state index in [9.17, 15) is 0 Å². The predicted octanol–water partition coefficient (Wildman–Crippen LogP) is 1.43. The number of nitrogens with zero attached hydrogens (tertiary/aromatic N) is 1. The molecule has 1 saturated carbocycles. The van der Waals surface area contributed by atoms with Gasteiger partial charge in [-0.3, -0.25) is 4.98 Å². The van der Waals surface area contributed by atoms with E-state index in [1.165, 1.54) is 6.42 Å². The van der Waals surface area contributed by atoms with E-state index < -0.39 is 0 Å². The maximum absolute atomic E-state index is 6.11. The Morgan fingerprint density at radius 1 is 1.46 bits per heavy atom. The number of nitrogens with two attached hydrogens (primary N) is 1. The molecule has 3 nitrogen and oxygen atoms in total. The Kier molecular flexibility index (Phi) is 1.96. The summed E-state index contributed by atoms with van der Waals surface area (Å²) in [6.45, 7) is 0. The van der Waals surface area contributed by atoms with Crippen LogP contribution in [0.3, 0.4) is 0 Å². The number of hydrogen-bond acceptors (Lipinski definition) is 3. The van der Waals surface area contributed by atoms with E-state index >= 15 is 0 Å². The SMILES string of the molecule is COc1ccc(C2(N)CCC2)nc1. The van der Waals surface area contributed by atoms with Gasteiger partial charge in [-0.25, -0.2) is 0 Å². The maximum Gasteiger partial charge on any atom is 0.137 e. The highest BCUT2D eigenvalue weighted by atomic mass is 16.5. The molecule has 0 aliphatic heterocycles. The lowest BCUT2D eigenvalue weighted by atomic mass is 9.75. The van der Waals surface area contributed by atoms with Crippen LogP contribution in [-0.4, -0.2) is 12.1 Å². The van der Waals surface area contributed by atoms with Crippen LogP contribution in [-0.2, 0) is 5.54 Å². The van der Waals surface area contributed by atoms with Crippen molar-refractivity contribution in [2.24, 2.45) is 5.73 Å². The molecule has 70 valence electrons. The highest BCUT2D eigenvalue weighted by Gasteiger charge is 2.35. The molecule has 0 unspecified atom stereocenters. The second kappa shape index (κ2) is 3.00. The van der Waals surface area contributed by atoms with Gasteiger partial charge in [-0.05, 0) is 31.4 Å². The van der Waals surface area contributed by atoms with Gasteiger partial charge in [0.2, 0.25) is 0 Å². The molecule has 1 heterocycles. The molecule has 0 spiro atoms. The van der Waals surface area contributed by atoms with Gasteiger partial charge in [0, 0.05) is 0 Å². The van der Waals surface area contributed by atoms with Crippen LogP contribution in [0.15, 0.2) is 18.3 Å². The summed E-state index contributed by atoms with van der Waals surface area (Å²) in [6, 6.07) is 3.87. The van der Waals surface area contributed by atoms with Crippen LogP contribution >= 0.6 is 0 Å². The Morgan fingerprint density at radius 2 is 2.23 bits per heavy atom. The zero-order valence-electron chi connectivity index (χ0n) is 7.79. The van der Waals surface area contributed by atoms with Gasteiger partial charge in [-0.2, -0.15) is 0 Å². The number of rotatable bonds is 2. The Hall–Kier alpha value is -1.09. The van der Waals surface area contributed by atoms with Gasteiger partial charge in [-0.1, -0.05) is 0 Å². The average molecular weight is 178 g/mol. The standard InChI is InChI=1S/C10H14N2O/c1-13-8-3-4-9(12-7-8)10(11)5-2-6-10/h3-4,7H,2,5-6,11H2,1H3. The van der Waals surface area contributed by atoms with Gasteiger partial charge in [-0.15, -0.1) is 0 Å². The van der Waals surface area contributed by atoms with E-state index in [0.717, 1.165) is 24.3 Å². The molecule has 0 atom stereocenters. The van der Waals surface area contributed by atoms with Gasteiger partial charge in [0.25, 0.3) is 0 Å². The number of aromatic nitrogens is 1. The number of methoxy groups -OCH3 is 1. The fraction of sp³-hybridized carbons (Fsp3) is 0.500. The Labute approximate surface area is 77.9 Å². The monoisotopic (exact) mass is 178 g/mol. The zero-order valence-corrected chi connectivity index (χ0v) is 7.79. The summed E-state index contributed by atoms with van der Waals surface area (Å²) in [4.78, 5) is 4.29. The van der Waals surface area contributed by atoms with E-state index in [4.69, 9.17) is 10.5 Å². The lowest BCUT2D eigenvalue weighted by Gasteiger charge is -2.37. The highest BCUT2D eigenvalue weighted by molar-refractivity contribution is 5.25. The summed E-state index contributed by atoms with van der Waals surface area (Å²) >= 11 is 0. The van der Waals surface area contributed by atoms with E-state index in [1.54, 1.807) is 13.3 Å². The molecule has 1 aliphatic carbocycles. The van der Waals surface area contributed by atoms with Crippen LogP contribution in [0, 0.1) is 0 Å². The van der Waals surface area contributed by atoms with Crippen molar-refractivity contribution >= 4 is 0 Å². The van der Waals surface area contributed by atoms with Crippen LogP contribution in [0.25, 0.3) is 0 Å². The number of hydrogen-bond donors (Lipinski definition) is 1. The molecule has 0 aromatic carbocycles. The van der Waals surface area contributed by atoms with Crippen molar-refractivity contribution in [3.8, 4) is 5.75 Å². The normalized spacial score (nSPS) is 19.2. The summed E-state index contributed by atoms with van der Waals surface area (Å²) in [5.41, 5.74) is 6.94. The van der Waals surface area contributed by atoms with Gasteiger partial charge in [0.05, 0.1) is 24.5 Å². The first-order valence-corrected chi connectivity index (χ1v) is 4.54. The Balaban J connectivity index is 2.22. The molecule has 2 rings (SSSR count). The van der Waals surface area contributed by atoms with Crippen LogP contribution in [0.2, 0.25) is 0 Å². The predicted molar refractivity (Wildman–Crippen MR) is 50.5 cm³/mol. The Bertz CT molecular complexity index is 290. The minimum absolute atomic E-state index is 0.160. The van der Waals surface area contributed by atoms with Crippen LogP contribution in [0.4, 0.5) is 0 Å². The topological polar surface area (TPSA) is 48.1 Å². The van der Waals surface area contributed by atoms with Crippen molar-refractivity contribution in [2.75, 3.05) is 7.11 Å². The summed E-state index contributed by atoms with van der Waals surface area (Å²) in [5, 5.41) is 0. The van der Waals surface area contributed by atoms with Crippen molar-refractivity contribution in [2.45, 2.75) is 24.8 Å². The van der Waals surface area contributed by atoms with Gasteiger partial charge < -0.3 is 10.5 Å². The van der Waals surface area contributed by atoms with Crippen molar-refractivity contribution in [3.05, 3.63) is 24.0 Å². The van der Waals surface area contributed by atoms with E-state index in [1.807, 2.05) is 12.1 Å². The molecule has 1 fully saturated rings. The Morgan fingerprint density at radius 3 is 2.62 bits per heavy atom. The van der Waals surface area contributed by atoms with Gasteiger partial charge in [0.1, 0.15) is 5.75 Å². The maximum atomic E-state index is 6.11. The number of pyridine rings is 1. The van der Waals surface area contributed by atoms with Crippen molar-refractivity contribution in [3.63, 3.8) is 0 Å². The first-order valence-electron chi connectivity index (χ1n) is 4.54. The molecular weight excluding hydrogens is 164 g/mol. The molecule has 0 radical (unpaired) electrons. The molecule has 1 aromatic rings. The molecule has 2 N–H and O–H groups in total. The largest absolute Gasteiger partial charge is 0.495 e. The van der Waals surface area contributed by atoms with Gasteiger partial charge in [0.15, 0.2) is 0 Å². The second-order valence-corrected chi connectivity index (χ2v) is 3.59. The molecule has 13 heavy (non-hydrogen) atoms. The lowest BCUT2D eigenvalue weighted by Crippen LogP contribution is -2.43. The molecular formula is C10H14N2O. The summed E-state index contributed by atoms with van der Waals surface area (Å²) < 4.78 is 5.03. The first-order chi connectivity index (χ1) is 6.24. The number of ether oxygens (including phenoxy) is 1. The molecule has 0 amide bonds. The summed E-state index contributed by atoms with van der Waals surface area (Å²) in [6.07, 6.45) is 5.03. The molecule has 0 saturated heterocycles. The fourth-order valence-corrected chi connectivity index (χ4v) is 1.61. The lowest BCUT2D eigenvalue weighted by molar-refractivity contribution is 0.246. The van der Waals surface area contributed by atoms with E-state index in [-0.39, 0.29) is 5.54 Å². The van der Waals surface area contributed by atoms with E-state index in [0.29, 0.717) is 0 Å². The molecule has 3 heteroatoms. The fourth-order valence-electron chi connectivity index (χ4n) is 1.61. The third-order valence-electron chi connectivity index (χ3n) is 2.73. The van der Waals surface area contributed by atoms with Crippen molar-refractivity contribution < 1.29 is 4.74 Å². The molecule has 1 aromatic heterocycles. The average Bonchev–Trinajstić information content (AvgIpc) is 2.14. The third-order valence-corrected chi connectivity index (χ3v) is 2.73. The van der Waals surface area contributed by atoms with Crippen molar-refractivity contribution in [1.29, 1.82) is 0 Å². The highest BCUT2D eigenvalue weighted by Crippen LogP contribution is 2.37. The smallest absolute Gasteiger partial charge is 0.137 e. The van der Waals surface area contributed by atoms with Crippen LogP contribution in [0.1, 0.15) is 25.0 Å². The van der Waals surface area contributed by atoms with Crippen LogP contribution < -0.4 is 10.5 Å². The van der Waals surface area contributed by atoms with Crippen molar-refractivity contribution in [1.82, 2.24) is 4.98 Å². The van der Waals surface area contributed by atoms with E-state index in [2.05, 4.69) is 4.98 Å². The first kappa shape index (κ1) is 8.51. The minimum atomic E-state index is -0.160. The van der Waals surface area contributed by atoms with Gasteiger partial charge >= 0.3 is 0 Å². The summed E-state index contributed by atoms with van der Waals surface area (Å²) in [5.74, 6) is 0.784. The zero-order chi connectivity index (χ0) is 9.31. The third kappa shape index (κ3) is 1.40. The second-order valence-electron chi connectivity index (χ2n) is 3.59. The summed E-state index contributed by atoms with van der Waals surface area (Å²) in [7, 11) is 1.64.